The highest BCUT2D eigenvalue weighted by Crippen LogP contribution is 2.36. The lowest BCUT2D eigenvalue weighted by atomic mass is 10.1. The third-order valence-corrected chi connectivity index (χ3v) is 3.81. The van der Waals surface area contributed by atoms with Gasteiger partial charge in [0.05, 0.1) is 23.8 Å². The molecule has 1 aliphatic rings. The van der Waals surface area contributed by atoms with E-state index in [9.17, 15) is 4.79 Å². The highest BCUT2D eigenvalue weighted by atomic mass is 16.2. The number of pyridine rings is 2. The fourth-order valence-corrected chi connectivity index (χ4v) is 2.69. The lowest BCUT2D eigenvalue weighted by molar-refractivity contribution is 0.0999. The Balaban J connectivity index is 1.94. The van der Waals surface area contributed by atoms with Crippen molar-refractivity contribution in [2.45, 2.75) is 0 Å². The zero-order valence-electron chi connectivity index (χ0n) is 12.3. The monoisotopic (exact) mass is 299 g/mol. The van der Waals surface area contributed by atoms with Crippen molar-refractivity contribution in [2.75, 3.05) is 4.90 Å². The predicted molar refractivity (Wildman–Crippen MR) is 90.3 cm³/mol. The number of rotatable bonds is 1. The summed E-state index contributed by atoms with van der Waals surface area (Å²) in [4.78, 5) is 23.2. The van der Waals surface area contributed by atoms with Crippen LogP contribution >= 0.6 is 0 Å². The maximum atomic E-state index is 13.1. The largest absolute Gasteiger partial charge is 0.273 e. The van der Waals surface area contributed by atoms with E-state index in [1.807, 2.05) is 54.6 Å². The predicted octanol–water partition coefficient (Wildman–Crippen LogP) is 3.94. The van der Waals surface area contributed by atoms with Crippen molar-refractivity contribution >= 4 is 29.4 Å². The third kappa shape index (κ3) is 2.30. The molecule has 0 aliphatic carbocycles. The van der Waals surface area contributed by atoms with Gasteiger partial charge in [-0.2, -0.15) is 0 Å². The number of nitrogens with zero attached hydrogens (tertiary/aromatic N) is 3. The first kappa shape index (κ1) is 13.4. The Hall–Kier alpha value is -3.27. The van der Waals surface area contributed by atoms with E-state index < -0.39 is 0 Å². The summed E-state index contributed by atoms with van der Waals surface area (Å²) in [6.45, 7) is 0. The van der Waals surface area contributed by atoms with Crippen LogP contribution in [0.3, 0.4) is 0 Å². The Morgan fingerprint density at radius 3 is 1.91 bits per heavy atom. The highest BCUT2D eigenvalue weighted by Gasteiger charge is 2.25. The summed E-state index contributed by atoms with van der Waals surface area (Å²) < 4.78 is 0. The number of fused-ring (bicyclic) bond motifs is 2. The van der Waals surface area contributed by atoms with Crippen LogP contribution in [0.1, 0.15) is 21.5 Å². The molecule has 0 saturated carbocycles. The molecule has 1 aromatic carbocycles. The summed E-state index contributed by atoms with van der Waals surface area (Å²) in [7, 11) is 0. The van der Waals surface area contributed by atoms with Crippen LogP contribution in [-0.4, -0.2) is 15.9 Å². The summed E-state index contributed by atoms with van der Waals surface area (Å²) in [5.74, 6) is -0.0993. The van der Waals surface area contributed by atoms with Crippen LogP contribution in [0.2, 0.25) is 0 Å². The van der Waals surface area contributed by atoms with Crippen molar-refractivity contribution in [3.05, 3.63) is 83.9 Å². The van der Waals surface area contributed by atoms with Gasteiger partial charge in [0.15, 0.2) is 0 Å². The highest BCUT2D eigenvalue weighted by molar-refractivity contribution is 6.13. The molecule has 1 amide bonds. The van der Waals surface area contributed by atoms with Gasteiger partial charge in [0.25, 0.3) is 5.91 Å². The maximum absolute atomic E-state index is 13.1. The Morgan fingerprint density at radius 1 is 0.783 bits per heavy atom. The molecule has 0 fully saturated rings. The molecular formula is C19H13N3O. The Bertz CT molecular complexity index is 854. The molecule has 1 aliphatic heterocycles. The van der Waals surface area contributed by atoms with Gasteiger partial charge < -0.3 is 0 Å². The summed E-state index contributed by atoms with van der Waals surface area (Å²) in [6, 6.07) is 13.0. The zero-order valence-corrected chi connectivity index (χ0v) is 12.3. The molecule has 0 atom stereocenters. The molecule has 3 aromatic rings. The van der Waals surface area contributed by atoms with Crippen LogP contribution < -0.4 is 4.90 Å². The number of carbonyl (C=O) groups excluding carboxylic acids is 1. The molecule has 23 heavy (non-hydrogen) atoms. The van der Waals surface area contributed by atoms with Gasteiger partial charge in [-0.25, -0.2) is 0 Å². The Kier molecular flexibility index (Phi) is 3.20. The van der Waals surface area contributed by atoms with Crippen molar-refractivity contribution < 1.29 is 4.79 Å². The maximum Gasteiger partial charge on any atom is 0.262 e. The van der Waals surface area contributed by atoms with Crippen LogP contribution in [0.5, 0.6) is 0 Å². The fraction of sp³-hybridized carbons (Fsp3) is 0. The molecule has 3 heterocycles. The van der Waals surface area contributed by atoms with Gasteiger partial charge in [-0.1, -0.05) is 30.4 Å². The molecule has 110 valence electrons. The second-order valence-electron chi connectivity index (χ2n) is 5.21. The van der Waals surface area contributed by atoms with E-state index in [0.29, 0.717) is 5.56 Å². The molecule has 4 heteroatoms. The molecule has 4 rings (SSSR count). The van der Waals surface area contributed by atoms with Gasteiger partial charge in [-0.3, -0.25) is 19.7 Å². The number of aromatic nitrogens is 2. The topological polar surface area (TPSA) is 46.1 Å². The van der Waals surface area contributed by atoms with Gasteiger partial charge in [-0.05, 0) is 24.3 Å². The van der Waals surface area contributed by atoms with Crippen LogP contribution in [0.15, 0.2) is 67.3 Å². The minimum atomic E-state index is -0.0993. The number of amides is 1. The Morgan fingerprint density at radius 2 is 1.35 bits per heavy atom. The van der Waals surface area contributed by atoms with E-state index in [2.05, 4.69) is 9.97 Å². The third-order valence-electron chi connectivity index (χ3n) is 3.81. The van der Waals surface area contributed by atoms with Crippen LogP contribution in [0.4, 0.5) is 11.4 Å². The van der Waals surface area contributed by atoms with E-state index in [4.69, 9.17) is 0 Å². The minimum absolute atomic E-state index is 0.0993. The van der Waals surface area contributed by atoms with Gasteiger partial charge in [0.2, 0.25) is 0 Å². The summed E-state index contributed by atoms with van der Waals surface area (Å²) >= 11 is 0. The van der Waals surface area contributed by atoms with E-state index in [-0.39, 0.29) is 5.91 Å². The molecule has 0 saturated heterocycles. The molecule has 2 aromatic heterocycles. The quantitative estimate of drug-likeness (QED) is 0.683. The van der Waals surface area contributed by atoms with Crippen molar-refractivity contribution in [2.24, 2.45) is 0 Å². The molecule has 0 bridgehead atoms. The standard InChI is InChI=1S/C19H13N3O/c23-19(16-4-2-1-3-5-16)22-17-12-20-10-8-14(17)6-7-15-9-11-21-13-18(15)22/h1-13H. The smallest absolute Gasteiger partial charge is 0.262 e. The first-order chi connectivity index (χ1) is 11.3. The first-order valence-electron chi connectivity index (χ1n) is 7.30. The molecule has 0 unspecified atom stereocenters. The normalized spacial score (nSPS) is 12.3. The van der Waals surface area contributed by atoms with Crippen LogP contribution in [0, 0.1) is 0 Å². The summed E-state index contributed by atoms with van der Waals surface area (Å²) in [6.07, 6.45) is 10.9. The van der Waals surface area contributed by atoms with Gasteiger partial charge in [-0.15, -0.1) is 0 Å². The summed E-state index contributed by atoms with van der Waals surface area (Å²) in [5.41, 5.74) is 4.02. The molecule has 0 spiro atoms. The second kappa shape index (κ2) is 5.50. The van der Waals surface area contributed by atoms with E-state index in [0.717, 1.165) is 22.5 Å². The minimum Gasteiger partial charge on any atom is -0.273 e. The Labute approximate surface area is 133 Å². The summed E-state index contributed by atoms with van der Waals surface area (Å²) in [5, 5.41) is 0. The number of carbonyl (C=O) groups is 1. The SMILES string of the molecule is O=C(c1ccccc1)N1c2cnccc2C=Cc2ccncc21. The molecule has 4 nitrogen and oxygen atoms in total. The lowest BCUT2D eigenvalue weighted by Crippen LogP contribution is -2.27. The van der Waals surface area contributed by atoms with E-state index in [1.54, 1.807) is 29.7 Å². The molecule has 0 radical (unpaired) electrons. The van der Waals surface area contributed by atoms with Crippen molar-refractivity contribution in [3.8, 4) is 0 Å². The second-order valence-corrected chi connectivity index (χ2v) is 5.21. The number of hydrogen-bond donors (Lipinski definition) is 0. The average molecular weight is 299 g/mol. The fourth-order valence-electron chi connectivity index (χ4n) is 2.69. The number of hydrogen-bond acceptors (Lipinski definition) is 3. The molecular weight excluding hydrogens is 286 g/mol. The molecule has 0 N–H and O–H groups in total. The van der Waals surface area contributed by atoms with Crippen molar-refractivity contribution in [1.82, 2.24) is 9.97 Å². The van der Waals surface area contributed by atoms with Crippen LogP contribution in [-0.2, 0) is 0 Å². The van der Waals surface area contributed by atoms with Gasteiger partial charge >= 0.3 is 0 Å². The number of benzene rings is 1. The lowest BCUT2D eigenvalue weighted by Gasteiger charge is -2.24. The zero-order chi connectivity index (χ0) is 15.6. The van der Waals surface area contributed by atoms with Crippen LogP contribution in [0.25, 0.3) is 12.2 Å². The van der Waals surface area contributed by atoms with E-state index >= 15 is 0 Å². The van der Waals surface area contributed by atoms with Crippen molar-refractivity contribution in [3.63, 3.8) is 0 Å². The van der Waals surface area contributed by atoms with Crippen molar-refractivity contribution in [1.29, 1.82) is 0 Å². The average Bonchev–Trinajstić information content (AvgIpc) is 2.79. The first-order valence-corrected chi connectivity index (χ1v) is 7.30. The van der Waals surface area contributed by atoms with E-state index in [1.165, 1.54) is 0 Å². The van der Waals surface area contributed by atoms with Gasteiger partial charge in [0.1, 0.15) is 0 Å². The van der Waals surface area contributed by atoms with Gasteiger partial charge in [0, 0.05) is 29.1 Å². The number of anilines is 2.